The number of anilines is 1. The highest BCUT2D eigenvalue weighted by Crippen LogP contribution is 2.45. The first-order valence-electron chi connectivity index (χ1n) is 14.4. The predicted octanol–water partition coefficient (Wildman–Crippen LogP) is 6.70. The van der Waals surface area contributed by atoms with E-state index >= 15 is 0 Å². The Morgan fingerprint density at radius 1 is 1.02 bits per heavy atom. The maximum Gasteiger partial charge on any atom is 0.255 e. The van der Waals surface area contributed by atoms with E-state index in [9.17, 15) is 9.90 Å². The highest BCUT2D eigenvalue weighted by Gasteiger charge is 2.43. The average Bonchev–Trinajstić information content (AvgIpc) is 3.03. The Bertz CT molecular complexity index is 1710. The zero-order valence-corrected chi connectivity index (χ0v) is 24.7. The van der Waals surface area contributed by atoms with Crippen molar-refractivity contribution in [3.05, 3.63) is 131 Å². The average molecular weight is 593 g/mol. The quantitative estimate of drug-likeness (QED) is 0.208. The number of carbonyl (C=O) groups excluding carboxylic acids is 1. The lowest BCUT2D eigenvalue weighted by atomic mass is 9.72. The van der Waals surface area contributed by atoms with Crippen LogP contribution in [-0.2, 0) is 6.54 Å². The van der Waals surface area contributed by atoms with E-state index in [4.69, 9.17) is 21.3 Å². The number of fused-ring (bicyclic) bond motifs is 1. The molecule has 1 unspecified atom stereocenters. The molecule has 3 aromatic carbocycles. The van der Waals surface area contributed by atoms with Crippen molar-refractivity contribution in [3.63, 3.8) is 0 Å². The number of amides is 1. The molecule has 8 heteroatoms. The molecule has 43 heavy (non-hydrogen) atoms. The molecule has 0 spiro atoms. The topological polar surface area (TPSA) is 87.6 Å². The highest BCUT2D eigenvalue weighted by atomic mass is 35.5. The number of halogens is 1. The van der Waals surface area contributed by atoms with Crippen molar-refractivity contribution in [3.8, 4) is 5.88 Å². The monoisotopic (exact) mass is 592 g/mol. The molecular weight excluding hydrogens is 560 g/mol. The molecule has 2 N–H and O–H groups in total. The summed E-state index contributed by atoms with van der Waals surface area (Å²) in [7, 11) is 1.60. The minimum Gasteiger partial charge on any atom is -0.481 e. The maximum absolute atomic E-state index is 13.1. The molecule has 0 bridgehead atoms. The lowest BCUT2D eigenvalue weighted by Gasteiger charge is -2.43. The van der Waals surface area contributed by atoms with Crippen molar-refractivity contribution in [2.24, 2.45) is 0 Å². The van der Waals surface area contributed by atoms with Crippen LogP contribution < -0.4 is 10.1 Å². The molecular formula is C35H33ClN4O3. The number of aromatic nitrogens is 2. The van der Waals surface area contributed by atoms with Gasteiger partial charge in [-0.2, -0.15) is 0 Å². The summed E-state index contributed by atoms with van der Waals surface area (Å²) < 4.78 is 5.83. The van der Waals surface area contributed by atoms with Crippen LogP contribution in [0.25, 0.3) is 10.9 Å². The summed E-state index contributed by atoms with van der Waals surface area (Å²) >= 11 is 6.27. The number of carbonyl (C=O) groups is 1. The molecule has 6 rings (SSSR count). The number of nitrogens with zero attached hydrogens (tertiary/aromatic N) is 3. The Kier molecular flexibility index (Phi) is 8.38. The summed E-state index contributed by atoms with van der Waals surface area (Å²) in [5.74, 6) is -0.227. The number of hydrogen-bond donors (Lipinski definition) is 2. The van der Waals surface area contributed by atoms with Crippen LogP contribution in [0.4, 0.5) is 5.69 Å². The van der Waals surface area contributed by atoms with Gasteiger partial charge in [0.2, 0.25) is 5.88 Å². The van der Waals surface area contributed by atoms with E-state index in [1.165, 1.54) is 5.56 Å². The first-order chi connectivity index (χ1) is 20.9. The van der Waals surface area contributed by atoms with Gasteiger partial charge in [-0.05, 0) is 72.5 Å². The second-order valence-electron chi connectivity index (χ2n) is 11.0. The van der Waals surface area contributed by atoms with Crippen LogP contribution in [0.15, 0.2) is 103 Å². The molecule has 1 aliphatic heterocycles. The van der Waals surface area contributed by atoms with Gasteiger partial charge in [0.15, 0.2) is 0 Å². The molecule has 218 valence electrons. The van der Waals surface area contributed by atoms with Crippen molar-refractivity contribution in [2.45, 2.75) is 30.9 Å². The van der Waals surface area contributed by atoms with Gasteiger partial charge in [0.1, 0.15) is 0 Å². The summed E-state index contributed by atoms with van der Waals surface area (Å²) in [6.45, 7) is 2.34. The fourth-order valence-corrected chi connectivity index (χ4v) is 6.12. The van der Waals surface area contributed by atoms with Crippen molar-refractivity contribution in [1.29, 1.82) is 0 Å². The van der Waals surface area contributed by atoms with Crippen molar-refractivity contribution in [2.75, 3.05) is 25.5 Å². The van der Waals surface area contributed by atoms with Gasteiger partial charge in [0.25, 0.3) is 5.91 Å². The summed E-state index contributed by atoms with van der Waals surface area (Å²) in [5.41, 5.74) is 3.69. The number of rotatable bonds is 8. The van der Waals surface area contributed by atoms with Crippen molar-refractivity contribution < 1.29 is 14.6 Å². The Morgan fingerprint density at radius 3 is 2.49 bits per heavy atom. The van der Waals surface area contributed by atoms with Crippen LogP contribution in [0.5, 0.6) is 5.88 Å². The third kappa shape index (κ3) is 6.39. The first kappa shape index (κ1) is 28.8. The number of nitrogens with one attached hydrogen (secondary N) is 1. The van der Waals surface area contributed by atoms with Gasteiger partial charge >= 0.3 is 0 Å². The van der Waals surface area contributed by atoms with Crippen LogP contribution in [0, 0.1) is 0 Å². The lowest BCUT2D eigenvalue weighted by molar-refractivity contribution is -0.0360. The normalized spacial score (nSPS) is 15.6. The number of benzene rings is 3. The zero-order chi connectivity index (χ0) is 29.8. The molecule has 1 atom stereocenters. The fourth-order valence-electron chi connectivity index (χ4n) is 5.99. The summed E-state index contributed by atoms with van der Waals surface area (Å²) in [5, 5.41) is 16.7. The zero-order valence-electron chi connectivity index (χ0n) is 23.9. The SMILES string of the molecule is COc1nc2ccc(C(=O)Nc3cccnc3)cc2cc1C(c1ccc(Cl)cc1)C1(O)CCN(Cc2ccccc2)CC1. The lowest BCUT2D eigenvalue weighted by Crippen LogP contribution is -2.48. The molecule has 0 saturated carbocycles. The van der Waals surface area contributed by atoms with Gasteiger partial charge in [-0.1, -0.05) is 54.1 Å². The summed E-state index contributed by atoms with van der Waals surface area (Å²) in [4.78, 5) is 24.3. The predicted molar refractivity (Wildman–Crippen MR) is 170 cm³/mol. The molecule has 1 fully saturated rings. The number of aliphatic hydroxyl groups is 1. The Labute approximate surface area is 256 Å². The molecule has 1 amide bonds. The molecule has 1 aliphatic rings. The van der Waals surface area contributed by atoms with Gasteiger partial charge in [-0.25, -0.2) is 4.98 Å². The minimum atomic E-state index is -1.06. The molecule has 5 aromatic rings. The maximum atomic E-state index is 13.1. The van der Waals surface area contributed by atoms with Crippen LogP contribution in [-0.4, -0.2) is 51.7 Å². The van der Waals surface area contributed by atoms with E-state index in [2.05, 4.69) is 39.5 Å². The number of hydrogen-bond acceptors (Lipinski definition) is 6. The van der Waals surface area contributed by atoms with Crippen LogP contribution in [0.3, 0.4) is 0 Å². The molecule has 3 heterocycles. The third-order valence-electron chi connectivity index (χ3n) is 8.21. The second kappa shape index (κ2) is 12.5. The van der Waals surface area contributed by atoms with Crippen LogP contribution >= 0.6 is 11.6 Å². The minimum absolute atomic E-state index is 0.245. The van der Waals surface area contributed by atoms with E-state index in [1.807, 2.05) is 48.5 Å². The van der Waals surface area contributed by atoms with Crippen molar-refractivity contribution in [1.82, 2.24) is 14.9 Å². The smallest absolute Gasteiger partial charge is 0.255 e. The molecule has 0 aliphatic carbocycles. The first-order valence-corrected chi connectivity index (χ1v) is 14.7. The number of methoxy groups -OCH3 is 1. The van der Waals surface area contributed by atoms with E-state index in [0.29, 0.717) is 40.5 Å². The number of pyridine rings is 2. The Hall–Kier alpha value is -4.30. The van der Waals surface area contributed by atoms with Gasteiger partial charge < -0.3 is 15.2 Å². The third-order valence-corrected chi connectivity index (χ3v) is 8.46. The molecule has 0 radical (unpaired) electrons. The largest absolute Gasteiger partial charge is 0.481 e. The van der Waals surface area contributed by atoms with E-state index in [1.54, 1.807) is 37.7 Å². The number of likely N-dealkylation sites (tertiary alicyclic amines) is 1. The van der Waals surface area contributed by atoms with Gasteiger partial charge in [-0.15, -0.1) is 0 Å². The second-order valence-corrected chi connectivity index (χ2v) is 11.5. The van der Waals surface area contributed by atoms with Gasteiger partial charge in [-0.3, -0.25) is 14.7 Å². The van der Waals surface area contributed by atoms with Crippen LogP contribution in [0.1, 0.15) is 45.8 Å². The number of piperidine rings is 1. The Morgan fingerprint density at radius 2 is 1.79 bits per heavy atom. The van der Waals surface area contributed by atoms with Crippen molar-refractivity contribution >= 4 is 34.1 Å². The molecule has 2 aromatic heterocycles. The van der Waals surface area contributed by atoms with E-state index < -0.39 is 11.5 Å². The fraction of sp³-hybridized carbons (Fsp3) is 0.229. The van der Waals surface area contributed by atoms with Crippen LogP contribution in [0.2, 0.25) is 5.02 Å². The standard InChI is InChI=1S/C35H33ClN4O3/c1-43-34-30(21-27-20-26(11-14-31(27)39-34)33(41)38-29-8-5-17-37-22-29)32(25-9-12-28(36)13-10-25)35(42)15-18-40(19-16-35)23-24-6-3-2-4-7-24/h2-14,17,20-22,32,42H,15-16,18-19,23H2,1H3,(H,38,41). The van der Waals surface area contributed by atoms with E-state index in [0.717, 1.165) is 36.1 Å². The molecule has 7 nitrogen and oxygen atoms in total. The van der Waals surface area contributed by atoms with Gasteiger partial charge in [0, 0.05) is 53.3 Å². The highest BCUT2D eigenvalue weighted by molar-refractivity contribution is 6.30. The number of ether oxygens (including phenoxy) is 1. The molecule has 1 saturated heterocycles. The van der Waals surface area contributed by atoms with E-state index in [-0.39, 0.29) is 5.91 Å². The Balaban J connectivity index is 1.36. The van der Waals surface area contributed by atoms with Gasteiger partial charge in [0.05, 0.1) is 30.1 Å². The summed E-state index contributed by atoms with van der Waals surface area (Å²) in [6.07, 6.45) is 4.40. The summed E-state index contributed by atoms with van der Waals surface area (Å²) in [6, 6.07) is 28.9.